The molecular weight excluding hydrogens is 919 g/mol. The number of rotatable bonds is 14. The molecule has 0 amide bonds. The second-order valence-electron chi connectivity index (χ2n) is 21.7. The molecule has 0 spiro atoms. The largest absolute Gasteiger partial charge is 0.310 e. The van der Waals surface area contributed by atoms with Crippen LogP contribution in [-0.2, 0) is 18.4 Å². The minimum atomic E-state index is -0.0202. The van der Waals surface area contributed by atoms with E-state index in [1.54, 1.807) is 0 Å². The summed E-state index contributed by atoms with van der Waals surface area (Å²) in [5, 5.41) is 5.33. The standard InChI is InChI=1S/C73H65N3/c1-5-7-23-53-27-22-36-65-63(53)41-44-75-70(65)66-35-19-20-37-68(66)73(71(75)72(73,4)6-2)42-45-74-43-40-54-26-17-18-34-64(54)69(74)67-50-57(39-38-51(67)3)55-28-21-29-56(46-55)59-47-58(52-24-11-8-12-25-52)48-62(49-59)76(60-30-13-9-14-31-60)61-32-15-10-16-33-61/h8-22,24-41,43-44,46-50,71H,5-7,23,42,45H2,1-4H3/q+2. The Bertz CT molecular complexity index is 3920. The van der Waals surface area contributed by atoms with Crippen LogP contribution in [0.3, 0.4) is 0 Å². The lowest BCUT2D eigenvalue weighted by molar-refractivity contribution is -0.703. The lowest BCUT2D eigenvalue weighted by atomic mass is 9.78. The molecule has 1 aliphatic carbocycles. The summed E-state index contributed by atoms with van der Waals surface area (Å²) < 4.78 is 5.29. The molecule has 0 saturated heterocycles. The number of pyridine rings is 2. The molecule has 1 aliphatic heterocycles. The summed E-state index contributed by atoms with van der Waals surface area (Å²) in [6, 6.07) is 86.1. The van der Waals surface area contributed by atoms with E-state index in [2.05, 4.69) is 285 Å². The minimum Gasteiger partial charge on any atom is -0.310 e. The summed E-state index contributed by atoms with van der Waals surface area (Å²) in [6.45, 7) is 10.5. The maximum absolute atomic E-state index is 2.70. The van der Waals surface area contributed by atoms with Gasteiger partial charge in [0, 0.05) is 41.0 Å². The third kappa shape index (κ3) is 7.86. The molecule has 1 saturated carbocycles. The van der Waals surface area contributed by atoms with E-state index in [9.17, 15) is 0 Å². The number of aryl methyl sites for hydroxylation is 3. The third-order valence-electron chi connectivity index (χ3n) is 17.6. The number of benzene rings is 9. The van der Waals surface area contributed by atoms with Crippen molar-refractivity contribution in [1.82, 2.24) is 0 Å². The molecule has 76 heavy (non-hydrogen) atoms. The Labute approximate surface area is 449 Å². The smallest absolute Gasteiger partial charge is 0.220 e. The van der Waals surface area contributed by atoms with Crippen molar-refractivity contribution in [2.24, 2.45) is 5.41 Å². The van der Waals surface area contributed by atoms with E-state index in [4.69, 9.17) is 0 Å². The fraction of sp³-hybridized carbons (Fsp3) is 0.178. The molecular formula is C73H65N3+2. The van der Waals surface area contributed by atoms with Crippen molar-refractivity contribution in [3.63, 3.8) is 0 Å². The zero-order valence-corrected chi connectivity index (χ0v) is 44.3. The van der Waals surface area contributed by atoms with E-state index in [1.807, 2.05) is 0 Å². The molecule has 11 aromatic rings. The molecule has 0 N–H and O–H groups in total. The van der Waals surface area contributed by atoms with Crippen LogP contribution in [0.25, 0.3) is 77.4 Å². The summed E-state index contributed by atoms with van der Waals surface area (Å²) in [5.41, 5.74) is 20.1. The van der Waals surface area contributed by atoms with Crippen LogP contribution in [0.2, 0.25) is 0 Å². The van der Waals surface area contributed by atoms with E-state index < -0.39 is 0 Å². The van der Waals surface area contributed by atoms with Crippen LogP contribution in [-0.4, -0.2) is 0 Å². The number of fused-ring (bicyclic) bond motifs is 9. The van der Waals surface area contributed by atoms with Crippen molar-refractivity contribution in [2.45, 2.75) is 77.8 Å². The lowest BCUT2D eigenvalue weighted by Gasteiger charge is -2.27. The molecule has 9 aromatic carbocycles. The van der Waals surface area contributed by atoms with Gasteiger partial charge in [0.2, 0.25) is 11.4 Å². The highest BCUT2D eigenvalue weighted by molar-refractivity contribution is 5.97. The highest BCUT2D eigenvalue weighted by Crippen LogP contribution is 2.76. The van der Waals surface area contributed by atoms with Gasteiger partial charge in [-0.2, -0.15) is 9.13 Å². The average Bonchev–Trinajstić information content (AvgIpc) is 4.22. The predicted molar refractivity (Wildman–Crippen MR) is 317 cm³/mol. The van der Waals surface area contributed by atoms with Crippen LogP contribution >= 0.6 is 0 Å². The van der Waals surface area contributed by atoms with E-state index in [0.29, 0.717) is 6.04 Å². The first kappa shape index (κ1) is 47.3. The van der Waals surface area contributed by atoms with Crippen molar-refractivity contribution in [1.29, 1.82) is 0 Å². The molecule has 0 bridgehead atoms. The van der Waals surface area contributed by atoms with Crippen LogP contribution in [0.15, 0.2) is 243 Å². The average molecular weight is 984 g/mol. The number of unbranched alkanes of at least 4 members (excludes halogenated alkanes) is 1. The number of nitrogens with zero attached hydrogens (tertiary/aromatic N) is 3. The maximum Gasteiger partial charge on any atom is 0.220 e. The quantitative estimate of drug-likeness (QED) is 0.0988. The molecule has 3 unspecified atom stereocenters. The number of hydrogen-bond acceptors (Lipinski definition) is 1. The molecule has 3 heterocycles. The van der Waals surface area contributed by atoms with Crippen molar-refractivity contribution in [2.75, 3.05) is 4.90 Å². The Kier molecular flexibility index (Phi) is 12.1. The predicted octanol–water partition coefficient (Wildman–Crippen LogP) is 18.3. The molecule has 2 aliphatic rings. The van der Waals surface area contributed by atoms with Crippen LogP contribution in [0, 0.1) is 12.3 Å². The van der Waals surface area contributed by atoms with Crippen LogP contribution < -0.4 is 14.0 Å². The summed E-state index contributed by atoms with van der Waals surface area (Å²) in [6.07, 6.45) is 10.5. The first-order chi connectivity index (χ1) is 37.4. The fourth-order valence-corrected chi connectivity index (χ4v) is 13.6. The van der Waals surface area contributed by atoms with Gasteiger partial charge in [-0.15, -0.1) is 0 Å². The molecule has 1 fully saturated rings. The van der Waals surface area contributed by atoms with Crippen molar-refractivity contribution in [3.8, 4) is 55.9 Å². The molecule has 3 nitrogen and oxygen atoms in total. The Morgan fingerprint density at radius 1 is 0.474 bits per heavy atom. The highest BCUT2D eigenvalue weighted by atomic mass is 15.2. The Morgan fingerprint density at radius 3 is 1.84 bits per heavy atom. The van der Waals surface area contributed by atoms with Gasteiger partial charge in [-0.3, -0.25) is 0 Å². The minimum absolute atomic E-state index is 0.0202. The normalized spacial score (nSPS) is 17.2. The molecule has 2 aromatic heterocycles. The molecule has 370 valence electrons. The number of aromatic nitrogens is 2. The van der Waals surface area contributed by atoms with Crippen LogP contribution in [0.4, 0.5) is 17.1 Å². The van der Waals surface area contributed by atoms with Crippen LogP contribution in [0.1, 0.15) is 69.2 Å². The Morgan fingerprint density at radius 2 is 1.09 bits per heavy atom. The van der Waals surface area contributed by atoms with E-state index in [1.165, 1.54) is 107 Å². The van der Waals surface area contributed by atoms with Crippen molar-refractivity contribution in [3.05, 3.63) is 260 Å². The van der Waals surface area contributed by atoms with Gasteiger partial charge in [-0.1, -0.05) is 173 Å². The molecule has 3 atom stereocenters. The summed E-state index contributed by atoms with van der Waals surface area (Å²) >= 11 is 0. The zero-order valence-electron chi connectivity index (χ0n) is 44.3. The van der Waals surface area contributed by atoms with Crippen molar-refractivity contribution < 1.29 is 9.13 Å². The highest BCUT2D eigenvalue weighted by Gasteiger charge is 2.82. The van der Waals surface area contributed by atoms with Gasteiger partial charge in [0.25, 0.3) is 0 Å². The van der Waals surface area contributed by atoms with Gasteiger partial charge in [-0.25, -0.2) is 0 Å². The first-order valence-electron chi connectivity index (χ1n) is 27.7. The number of para-hydroxylation sites is 2. The topological polar surface area (TPSA) is 11.0 Å². The number of hydrogen-bond donors (Lipinski definition) is 0. The zero-order chi connectivity index (χ0) is 51.4. The SMILES string of the molecule is CCCCc1cccc2c3[n+](ccc12)C1C(C)(CC)C1(CC[n+]1ccc2ccccc2c1-c1cc(-c2cccc(-c4cc(-c5ccccc5)cc(N(c5ccccc5)c5ccccc5)c4)c2)ccc1C)c1ccccc1-3. The first-order valence-corrected chi connectivity index (χ1v) is 27.7. The van der Waals surface area contributed by atoms with Gasteiger partial charge >= 0.3 is 0 Å². The van der Waals surface area contributed by atoms with Gasteiger partial charge in [0.05, 0.1) is 27.3 Å². The van der Waals surface area contributed by atoms with Gasteiger partial charge in [0.15, 0.2) is 18.4 Å². The summed E-state index contributed by atoms with van der Waals surface area (Å²) in [4.78, 5) is 2.37. The molecule has 3 heteroatoms. The monoisotopic (exact) mass is 984 g/mol. The van der Waals surface area contributed by atoms with Crippen molar-refractivity contribution >= 4 is 38.6 Å². The van der Waals surface area contributed by atoms with Gasteiger partial charge in [0.1, 0.15) is 6.54 Å². The Balaban J connectivity index is 0.897. The number of anilines is 3. The van der Waals surface area contributed by atoms with E-state index in [0.717, 1.165) is 42.9 Å². The summed E-state index contributed by atoms with van der Waals surface area (Å²) in [5.74, 6) is 0. The fourth-order valence-electron chi connectivity index (χ4n) is 13.6. The van der Waals surface area contributed by atoms with Crippen LogP contribution in [0.5, 0.6) is 0 Å². The van der Waals surface area contributed by atoms with Gasteiger partial charge in [-0.05, 0) is 160 Å². The second kappa shape index (κ2) is 19.4. The van der Waals surface area contributed by atoms with E-state index >= 15 is 0 Å². The second-order valence-corrected chi connectivity index (χ2v) is 21.7. The maximum atomic E-state index is 2.70. The Hall–Kier alpha value is -8.40. The third-order valence-corrected chi connectivity index (χ3v) is 17.6. The molecule has 0 radical (unpaired) electrons. The summed E-state index contributed by atoms with van der Waals surface area (Å²) in [7, 11) is 0. The lowest BCUT2D eigenvalue weighted by Crippen LogP contribution is -2.44. The molecule has 13 rings (SSSR count). The van der Waals surface area contributed by atoms with E-state index in [-0.39, 0.29) is 10.8 Å². The van der Waals surface area contributed by atoms with Gasteiger partial charge < -0.3 is 4.90 Å².